The van der Waals surface area contributed by atoms with E-state index in [1.165, 1.54) is 6.20 Å². The van der Waals surface area contributed by atoms with Gasteiger partial charge in [0.15, 0.2) is 0 Å². The van der Waals surface area contributed by atoms with Gasteiger partial charge >= 0.3 is 0 Å². The molecule has 0 aliphatic rings. The zero-order chi connectivity index (χ0) is 4.28. The molecule has 0 amide bonds. The summed E-state index contributed by atoms with van der Waals surface area (Å²) in [7, 11) is 0. The Morgan fingerprint density at radius 1 is 2.00 bits per heavy atom. The lowest BCUT2D eigenvalue weighted by atomic mass is 10.7. The lowest BCUT2D eigenvalue weighted by Crippen LogP contribution is -1.74. The average Bonchev–Trinajstić information content (AvgIpc) is 1.38. The van der Waals surface area contributed by atoms with Gasteiger partial charge in [-0.25, -0.2) is 0 Å². The quantitative estimate of drug-likeness (QED) is 0.531. The van der Waals surface area contributed by atoms with Gasteiger partial charge in [0.1, 0.15) is 0 Å². The molecule has 30 valence electrons. The summed E-state index contributed by atoms with van der Waals surface area (Å²) < 4.78 is 0.970. The van der Waals surface area contributed by atoms with Gasteiger partial charge in [-0.1, -0.05) is 15.9 Å². The van der Waals surface area contributed by atoms with Crippen LogP contribution in [0.1, 0.15) is 6.92 Å². The van der Waals surface area contributed by atoms with E-state index in [1.54, 1.807) is 0 Å². The topological polar surface area (TPSA) is 26.0 Å². The third-order valence-electron chi connectivity index (χ3n) is 0.230. The van der Waals surface area contributed by atoms with Crippen molar-refractivity contribution in [1.29, 1.82) is 0 Å². The van der Waals surface area contributed by atoms with Gasteiger partial charge in [-0.2, -0.15) is 0 Å². The molecule has 0 rings (SSSR count). The summed E-state index contributed by atoms with van der Waals surface area (Å²) >= 11 is 3.11. The van der Waals surface area contributed by atoms with E-state index < -0.39 is 0 Å². The molecule has 0 fully saturated rings. The minimum Gasteiger partial charge on any atom is -0.404 e. The van der Waals surface area contributed by atoms with Crippen molar-refractivity contribution in [2.75, 3.05) is 0 Å². The third kappa shape index (κ3) is 4.02. The number of allylic oxidation sites excluding steroid dienone is 1. The molecule has 0 atom stereocenters. The average molecular weight is 136 g/mol. The SMILES string of the molecule is CC(Br)=CN. The van der Waals surface area contributed by atoms with E-state index in [4.69, 9.17) is 5.73 Å². The predicted molar refractivity (Wildman–Crippen MR) is 26.9 cm³/mol. The smallest absolute Gasteiger partial charge is 0.00741 e. The molecule has 2 N–H and O–H groups in total. The van der Waals surface area contributed by atoms with Gasteiger partial charge in [-0.15, -0.1) is 0 Å². The zero-order valence-electron chi connectivity index (χ0n) is 3.03. The van der Waals surface area contributed by atoms with Gasteiger partial charge in [-0.05, 0) is 6.92 Å². The highest BCUT2D eigenvalue weighted by molar-refractivity contribution is 9.11. The van der Waals surface area contributed by atoms with Crippen molar-refractivity contribution in [2.24, 2.45) is 5.73 Å². The maximum Gasteiger partial charge on any atom is 0.00741 e. The molecule has 0 bridgehead atoms. The summed E-state index contributed by atoms with van der Waals surface area (Å²) in [6, 6.07) is 0. The number of rotatable bonds is 0. The Morgan fingerprint density at radius 2 is 2.20 bits per heavy atom. The van der Waals surface area contributed by atoms with Crippen molar-refractivity contribution in [3.63, 3.8) is 0 Å². The molecule has 0 saturated carbocycles. The first-order chi connectivity index (χ1) is 2.27. The van der Waals surface area contributed by atoms with Crippen molar-refractivity contribution in [3.05, 3.63) is 10.7 Å². The van der Waals surface area contributed by atoms with E-state index in [0.29, 0.717) is 0 Å². The Hall–Kier alpha value is 0.0200. The highest BCUT2D eigenvalue weighted by Gasteiger charge is 1.64. The zero-order valence-corrected chi connectivity index (χ0v) is 4.62. The summed E-state index contributed by atoms with van der Waals surface area (Å²) in [6.07, 6.45) is 1.50. The molecule has 1 nitrogen and oxygen atoms in total. The van der Waals surface area contributed by atoms with Crippen LogP contribution in [-0.2, 0) is 0 Å². The monoisotopic (exact) mass is 135 g/mol. The second kappa shape index (κ2) is 2.27. The van der Waals surface area contributed by atoms with Crippen LogP contribution < -0.4 is 5.73 Å². The molecular weight excluding hydrogens is 130 g/mol. The van der Waals surface area contributed by atoms with Crippen molar-refractivity contribution in [2.45, 2.75) is 6.92 Å². The van der Waals surface area contributed by atoms with Crippen LogP contribution >= 0.6 is 15.9 Å². The van der Waals surface area contributed by atoms with Gasteiger partial charge in [0.2, 0.25) is 0 Å². The fourth-order valence-corrected chi connectivity index (χ4v) is 0. The highest BCUT2D eigenvalue weighted by atomic mass is 79.9. The van der Waals surface area contributed by atoms with Crippen LogP contribution in [0.5, 0.6) is 0 Å². The van der Waals surface area contributed by atoms with Crippen molar-refractivity contribution in [3.8, 4) is 0 Å². The summed E-state index contributed by atoms with van der Waals surface area (Å²) in [5.41, 5.74) is 4.96. The number of hydrogen-bond donors (Lipinski definition) is 1. The lowest BCUT2D eigenvalue weighted by Gasteiger charge is -1.71. The second-order valence-corrected chi connectivity index (χ2v) is 2.00. The van der Waals surface area contributed by atoms with Crippen molar-refractivity contribution >= 4 is 15.9 Å². The molecular formula is C3H6BrN. The Bertz CT molecular complexity index is 44.9. The fourth-order valence-electron chi connectivity index (χ4n) is 0. The Morgan fingerprint density at radius 3 is 2.20 bits per heavy atom. The maximum absolute atomic E-state index is 4.96. The van der Waals surface area contributed by atoms with Gasteiger partial charge in [0.25, 0.3) is 0 Å². The normalized spacial score (nSPS) is 12.0. The molecule has 0 aliphatic carbocycles. The molecule has 0 aromatic rings. The van der Waals surface area contributed by atoms with Gasteiger partial charge < -0.3 is 5.73 Å². The first kappa shape index (κ1) is 5.02. The van der Waals surface area contributed by atoms with Gasteiger partial charge in [-0.3, -0.25) is 0 Å². The molecule has 0 aromatic carbocycles. The van der Waals surface area contributed by atoms with Gasteiger partial charge in [0.05, 0.1) is 0 Å². The van der Waals surface area contributed by atoms with E-state index in [-0.39, 0.29) is 0 Å². The van der Waals surface area contributed by atoms with Gasteiger partial charge in [0, 0.05) is 10.7 Å². The summed E-state index contributed by atoms with van der Waals surface area (Å²) in [4.78, 5) is 0. The first-order valence-corrected chi connectivity index (χ1v) is 2.10. The summed E-state index contributed by atoms with van der Waals surface area (Å²) in [6.45, 7) is 1.88. The number of nitrogens with two attached hydrogens (primary N) is 1. The standard InChI is InChI=1S/C3H6BrN/c1-3(4)2-5/h2H,5H2,1H3. The summed E-state index contributed by atoms with van der Waals surface area (Å²) in [5.74, 6) is 0. The first-order valence-electron chi connectivity index (χ1n) is 1.31. The van der Waals surface area contributed by atoms with Crippen molar-refractivity contribution < 1.29 is 0 Å². The third-order valence-corrected chi connectivity index (χ3v) is 0.494. The van der Waals surface area contributed by atoms with Crippen LogP contribution in [0, 0.1) is 0 Å². The van der Waals surface area contributed by atoms with Crippen LogP contribution in [0.4, 0.5) is 0 Å². The largest absolute Gasteiger partial charge is 0.404 e. The number of hydrogen-bond acceptors (Lipinski definition) is 1. The van der Waals surface area contributed by atoms with Crippen LogP contribution in [0.2, 0.25) is 0 Å². The second-order valence-electron chi connectivity index (χ2n) is 0.753. The molecule has 0 heterocycles. The minimum absolute atomic E-state index is 0.970. The van der Waals surface area contributed by atoms with Crippen LogP contribution in [0.15, 0.2) is 10.7 Å². The molecule has 2 heteroatoms. The molecule has 0 aliphatic heterocycles. The highest BCUT2D eigenvalue weighted by Crippen LogP contribution is 1.95. The molecule has 0 unspecified atom stereocenters. The van der Waals surface area contributed by atoms with Crippen LogP contribution in [0.25, 0.3) is 0 Å². The molecule has 5 heavy (non-hydrogen) atoms. The lowest BCUT2D eigenvalue weighted by molar-refractivity contribution is 1.53. The van der Waals surface area contributed by atoms with E-state index in [9.17, 15) is 0 Å². The molecule has 0 spiro atoms. The predicted octanol–water partition coefficient (Wildman–Crippen LogP) is 1.20. The molecule has 0 saturated heterocycles. The van der Waals surface area contributed by atoms with Crippen LogP contribution in [-0.4, -0.2) is 0 Å². The summed E-state index contributed by atoms with van der Waals surface area (Å²) in [5, 5.41) is 0. The van der Waals surface area contributed by atoms with E-state index in [0.717, 1.165) is 4.48 Å². The molecule has 0 radical (unpaired) electrons. The molecule has 0 aromatic heterocycles. The Balaban J connectivity index is 3.14. The maximum atomic E-state index is 4.96. The van der Waals surface area contributed by atoms with E-state index >= 15 is 0 Å². The minimum atomic E-state index is 0.970. The van der Waals surface area contributed by atoms with Crippen LogP contribution in [0.3, 0.4) is 0 Å². The fraction of sp³-hybridized carbons (Fsp3) is 0.333. The van der Waals surface area contributed by atoms with E-state index in [2.05, 4.69) is 15.9 Å². The van der Waals surface area contributed by atoms with Crippen molar-refractivity contribution in [1.82, 2.24) is 0 Å². The number of halogens is 1. The van der Waals surface area contributed by atoms with E-state index in [1.807, 2.05) is 6.92 Å². The Labute approximate surface area is 40.0 Å². The Kier molecular flexibility index (Phi) is 2.28.